The van der Waals surface area contributed by atoms with Gasteiger partial charge in [0.1, 0.15) is 0 Å². The van der Waals surface area contributed by atoms with Crippen LogP contribution in [0, 0.1) is 0 Å². The zero-order valence-electron chi connectivity index (χ0n) is 17.4. The van der Waals surface area contributed by atoms with Crippen molar-refractivity contribution in [2.45, 2.75) is 43.2 Å². The average molecular weight is 416 g/mol. The number of ether oxygens (including phenoxy) is 2. The summed E-state index contributed by atoms with van der Waals surface area (Å²) in [6, 6.07) is 13.0. The molecule has 2 aromatic rings. The first-order chi connectivity index (χ1) is 13.9. The van der Waals surface area contributed by atoms with E-state index >= 15 is 0 Å². The Labute approximate surface area is 173 Å². The van der Waals surface area contributed by atoms with E-state index in [1.54, 1.807) is 19.2 Å². The molecule has 1 aliphatic heterocycles. The minimum atomic E-state index is -3.58. The number of hydrogen-bond acceptors (Lipinski definition) is 5. The summed E-state index contributed by atoms with van der Waals surface area (Å²) in [4.78, 5) is 0.289. The van der Waals surface area contributed by atoms with Gasteiger partial charge in [-0.15, -0.1) is 0 Å². The van der Waals surface area contributed by atoms with Gasteiger partial charge in [-0.05, 0) is 30.0 Å². The first-order valence-electron chi connectivity index (χ1n) is 9.88. The number of rotatable bonds is 6. The Kier molecular flexibility index (Phi) is 6.34. The summed E-state index contributed by atoms with van der Waals surface area (Å²) in [5.41, 5.74) is 1.00. The fourth-order valence-corrected chi connectivity index (χ4v) is 5.90. The third-order valence-electron chi connectivity index (χ3n) is 5.48. The maximum absolute atomic E-state index is 13.5. The van der Waals surface area contributed by atoms with Crippen LogP contribution in [-0.4, -0.2) is 33.9 Å². The molecule has 0 aliphatic carbocycles. The summed E-state index contributed by atoms with van der Waals surface area (Å²) in [5.74, 6) is 0.908. The summed E-state index contributed by atoms with van der Waals surface area (Å²) in [6.07, 6.45) is 5.54. The molecule has 0 radical (unpaired) electrons. The number of fused-ring (bicyclic) bond motifs is 1. The Balaban J connectivity index is 2.31. The highest BCUT2D eigenvalue weighted by atomic mass is 32.2. The molecule has 0 saturated carbocycles. The molecule has 0 aromatic heterocycles. The molecule has 29 heavy (non-hydrogen) atoms. The Hall–Kier alpha value is -2.31. The van der Waals surface area contributed by atoms with Crippen molar-refractivity contribution >= 4 is 9.84 Å². The van der Waals surface area contributed by atoms with Gasteiger partial charge in [0.25, 0.3) is 0 Å². The van der Waals surface area contributed by atoms with Crippen molar-refractivity contribution < 1.29 is 17.9 Å². The highest BCUT2D eigenvalue weighted by Gasteiger charge is 2.41. The third-order valence-corrected chi connectivity index (χ3v) is 7.40. The van der Waals surface area contributed by atoms with Crippen LogP contribution >= 0.6 is 0 Å². The first kappa shape index (κ1) is 21.4. The lowest BCUT2D eigenvalue weighted by atomic mass is 9.91. The Morgan fingerprint density at radius 3 is 2.34 bits per heavy atom. The summed E-state index contributed by atoms with van der Waals surface area (Å²) < 4.78 is 37.9. The lowest BCUT2D eigenvalue weighted by Crippen LogP contribution is -2.48. The molecule has 0 spiro atoms. The van der Waals surface area contributed by atoms with Crippen LogP contribution < -0.4 is 14.8 Å². The molecule has 2 unspecified atom stereocenters. The number of nitrogens with one attached hydrogen (secondary N) is 1. The molecular formula is C23H29NO4S. The highest BCUT2D eigenvalue weighted by Crippen LogP contribution is 2.42. The predicted octanol–water partition coefficient (Wildman–Crippen LogP) is 4.29. The second-order valence-electron chi connectivity index (χ2n) is 7.31. The molecule has 5 nitrogen and oxygen atoms in total. The molecule has 2 atom stereocenters. The monoisotopic (exact) mass is 415 g/mol. The van der Waals surface area contributed by atoms with Crippen LogP contribution in [0.1, 0.15) is 43.9 Å². The number of allylic oxidation sites excluding steroid dienone is 1. The molecular weight excluding hydrogens is 386 g/mol. The molecule has 2 aromatic carbocycles. The fourth-order valence-electron chi connectivity index (χ4n) is 3.86. The minimum absolute atomic E-state index is 0.0151. The maximum atomic E-state index is 13.5. The number of methoxy groups -OCH3 is 2. The second kappa shape index (κ2) is 8.59. The van der Waals surface area contributed by atoms with E-state index in [9.17, 15) is 8.42 Å². The molecule has 0 saturated heterocycles. The molecule has 156 valence electrons. The second-order valence-corrected chi connectivity index (χ2v) is 9.27. The zero-order chi connectivity index (χ0) is 21.1. The summed E-state index contributed by atoms with van der Waals surface area (Å²) in [6.45, 7) is 4.06. The smallest absolute Gasteiger partial charge is 0.180 e. The van der Waals surface area contributed by atoms with Crippen LogP contribution in [0.3, 0.4) is 0 Å². The Bertz CT molecular complexity index is 985. The topological polar surface area (TPSA) is 64.6 Å². The van der Waals surface area contributed by atoms with Gasteiger partial charge in [-0.2, -0.15) is 0 Å². The first-order valence-corrected chi connectivity index (χ1v) is 11.5. The largest absolute Gasteiger partial charge is 0.493 e. The van der Waals surface area contributed by atoms with Crippen molar-refractivity contribution in [3.8, 4) is 11.5 Å². The van der Waals surface area contributed by atoms with Crippen molar-refractivity contribution in [1.29, 1.82) is 0 Å². The molecule has 3 rings (SSSR count). The molecule has 1 aliphatic rings. The quantitative estimate of drug-likeness (QED) is 0.713. The average Bonchev–Trinajstić information content (AvgIpc) is 2.84. The zero-order valence-corrected chi connectivity index (χ0v) is 18.3. The minimum Gasteiger partial charge on any atom is -0.493 e. The van der Waals surface area contributed by atoms with E-state index in [-0.39, 0.29) is 16.7 Å². The predicted molar refractivity (Wildman–Crippen MR) is 115 cm³/mol. The normalized spacial score (nSPS) is 23.4. The Morgan fingerprint density at radius 2 is 1.76 bits per heavy atom. The molecule has 0 fully saturated rings. The van der Waals surface area contributed by atoms with Gasteiger partial charge < -0.3 is 9.47 Å². The van der Waals surface area contributed by atoms with Crippen LogP contribution in [-0.2, 0) is 9.84 Å². The summed E-state index contributed by atoms with van der Waals surface area (Å²) >= 11 is 0. The van der Waals surface area contributed by atoms with Gasteiger partial charge in [0.2, 0.25) is 0 Å². The third kappa shape index (κ3) is 4.19. The summed E-state index contributed by atoms with van der Waals surface area (Å²) in [7, 11) is -0.505. The number of sulfone groups is 1. The maximum Gasteiger partial charge on any atom is 0.180 e. The number of hydrogen-bond donors (Lipinski definition) is 1. The molecule has 6 heteroatoms. The van der Waals surface area contributed by atoms with Crippen molar-refractivity contribution in [3.63, 3.8) is 0 Å². The van der Waals surface area contributed by atoms with Gasteiger partial charge in [-0.25, -0.2) is 8.42 Å². The van der Waals surface area contributed by atoms with Crippen LogP contribution in [0.2, 0.25) is 0 Å². The highest BCUT2D eigenvalue weighted by molar-refractivity contribution is 7.91. The van der Waals surface area contributed by atoms with E-state index in [1.807, 2.05) is 56.3 Å². The van der Waals surface area contributed by atoms with Crippen LogP contribution in [0.5, 0.6) is 11.5 Å². The van der Waals surface area contributed by atoms with Gasteiger partial charge in [-0.1, -0.05) is 56.3 Å². The van der Waals surface area contributed by atoms with Gasteiger partial charge in [-0.3, -0.25) is 5.32 Å². The molecule has 1 N–H and O–H groups in total. The standard InChI is InChI=1S/C23H29NO4S/c1-5-7-13-23(6-2)16-29(25,26)21-15-20(28-4)19(27-3)14-18(21)22(24-23)17-11-9-8-10-12-17/h7-15,22,24H,5-6,16H2,1-4H3. The SMILES string of the molecule is CCC=CC1(CC)CS(=O)(=O)c2cc(OC)c(OC)cc2C(c2ccccc2)N1. The summed E-state index contributed by atoms with van der Waals surface area (Å²) in [5, 5.41) is 3.67. The number of benzene rings is 2. The van der Waals surface area contributed by atoms with E-state index in [2.05, 4.69) is 5.32 Å². The molecule has 0 bridgehead atoms. The van der Waals surface area contributed by atoms with Gasteiger partial charge >= 0.3 is 0 Å². The van der Waals surface area contributed by atoms with E-state index in [0.29, 0.717) is 23.5 Å². The van der Waals surface area contributed by atoms with Crippen molar-refractivity contribution in [2.75, 3.05) is 20.0 Å². The lowest BCUT2D eigenvalue weighted by molar-refractivity contribution is 0.351. The van der Waals surface area contributed by atoms with Gasteiger partial charge in [0, 0.05) is 6.07 Å². The van der Waals surface area contributed by atoms with Crippen molar-refractivity contribution in [1.82, 2.24) is 5.32 Å². The van der Waals surface area contributed by atoms with E-state index in [0.717, 1.165) is 12.0 Å². The van der Waals surface area contributed by atoms with Gasteiger partial charge in [0.15, 0.2) is 21.3 Å². The molecule has 0 amide bonds. The van der Waals surface area contributed by atoms with E-state index < -0.39 is 15.4 Å². The lowest BCUT2D eigenvalue weighted by Gasteiger charge is -2.33. The van der Waals surface area contributed by atoms with Crippen molar-refractivity contribution in [3.05, 3.63) is 65.7 Å². The van der Waals surface area contributed by atoms with E-state index in [4.69, 9.17) is 9.47 Å². The van der Waals surface area contributed by atoms with Crippen LogP contribution in [0.25, 0.3) is 0 Å². The van der Waals surface area contributed by atoms with Crippen LogP contribution in [0.15, 0.2) is 59.5 Å². The van der Waals surface area contributed by atoms with Crippen LogP contribution in [0.4, 0.5) is 0 Å². The van der Waals surface area contributed by atoms with Crippen molar-refractivity contribution in [2.24, 2.45) is 0 Å². The Morgan fingerprint density at radius 1 is 1.10 bits per heavy atom. The van der Waals surface area contributed by atoms with Gasteiger partial charge in [0.05, 0.1) is 36.4 Å². The fraction of sp³-hybridized carbons (Fsp3) is 0.391. The molecule has 1 heterocycles. The van der Waals surface area contributed by atoms with E-state index in [1.165, 1.54) is 7.11 Å².